The molecule has 3 heteroatoms. The average molecular weight is 269 g/mol. The molecule has 0 unspecified atom stereocenters. The standard InChI is InChI=1S/C12H13BrO2/c13-9-6-4-8(5-7-9)12(15)10-2-1-3-11(10)14/h4-7,10,12,15H,1-3H2/t10-,12+/m1/s1. The van der Waals surface area contributed by atoms with E-state index in [0.29, 0.717) is 6.42 Å². The summed E-state index contributed by atoms with van der Waals surface area (Å²) in [7, 11) is 0. The molecule has 1 N–H and O–H groups in total. The second kappa shape index (κ2) is 4.45. The zero-order valence-electron chi connectivity index (χ0n) is 8.32. The van der Waals surface area contributed by atoms with Crippen molar-refractivity contribution in [2.45, 2.75) is 25.4 Å². The van der Waals surface area contributed by atoms with E-state index in [0.717, 1.165) is 22.9 Å². The molecule has 1 aliphatic carbocycles. The highest BCUT2D eigenvalue weighted by atomic mass is 79.9. The van der Waals surface area contributed by atoms with Crippen LogP contribution in [-0.4, -0.2) is 10.9 Å². The molecule has 1 aliphatic rings. The molecule has 15 heavy (non-hydrogen) atoms. The van der Waals surface area contributed by atoms with E-state index in [1.165, 1.54) is 0 Å². The van der Waals surface area contributed by atoms with Crippen molar-refractivity contribution in [1.82, 2.24) is 0 Å². The van der Waals surface area contributed by atoms with E-state index in [2.05, 4.69) is 15.9 Å². The van der Waals surface area contributed by atoms with E-state index in [1.807, 2.05) is 24.3 Å². The predicted octanol–water partition coefficient (Wildman–Crippen LogP) is 2.85. The summed E-state index contributed by atoms with van der Waals surface area (Å²) in [5, 5.41) is 10.0. The highest BCUT2D eigenvalue weighted by Crippen LogP contribution is 2.33. The Morgan fingerprint density at radius 1 is 1.33 bits per heavy atom. The summed E-state index contributed by atoms with van der Waals surface area (Å²) >= 11 is 3.34. The average Bonchev–Trinajstić information content (AvgIpc) is 2.65. The third-order valence-corrected chi connectivity index (χ3v) is 3.47. The summed E-state index contributed by atoms with van der Waals surface area (Å²) in [5.74, 6) is 0.0107. The Balaban J connectivity index is 2.16. The van der Waals surface area contributed by atoms with E-state index in [1.54, 1.807) is 0 Å². The van der Waals surface area contributed by atoms with Gasteiger partial charge in [0.05, 0.1) is 6.10 Å². The molecular weight excluding hydrogens is 256 g/mol. The number of hydrogen-bond acceptors (Lipinski definition) is 2. The number of rotatable bonds is 2. The van der Waals surface area contributed by atoms with Gasteiger partial charge < -0.3 is 5.11 Å². The molecule has 0 radical (unpaired) electrons. The van der Waals surface area contributed by atoms with Crippen molar-refractivity contribution in [2.75, 3.05) is 0 Å². The number of aliphatic hydroxyl groups is 1. The van der Waals surface area contributed by atoms with Crippen LogP contribution in [0.25, 0.3) is 0 Å². The molecule has 1 fully saturated rings. The Kier molecular flexibility index (Phi) is 3.22. The van der Waals surface area contributed by atoms with Crippen molar-refractivity contribution in [2.24, 2.45) is 5.92 Å². The van der Waals surface area contributed by atoms with Crippen LogP contribution in [0.5, 0.6) is 0 Å². The minimum absolute atomic E-state index is 0.189. The second-order valence-electron chi connectivity index (χ2n) is 3.96. The number of carbonyl (C=O) groups is 1. The van der Waals surface area contributed by atoms with Crippen LogP contribution in [-0.2, 0) is 4.79 Å². The SMILES string of the molecule is O=C1CCC[C@H]1[C@@H](O)c1ccc(Br)cc1. The summed E-state index contributed by atoms with van der Waals surface area (Å²) in [6.45, 7) is 0. The highest BCUT2D eigenvalue weighted by molar-refractivity contribution is 9.10. The molecule has 0 aromatic heterocycles. The van der Waals surface area contributed by atoms with E-state index in [9.17, 15) is 9.90 Å². The van der Waals surface area contributed by atoms with Crippen LogP contribution >= 0.6 is 15.9 Å². The highest BCUT2D eigenvalue weighted by Gasteiger charge is 2.31. The lowest BCUT2D eigenvalue weighted by atomic mass is 9.94. The van der Waals surface area contributed by atoms with Crippen LogP contribution in [0.1, 0.15) is 30.9 Å². The minimum Gasteiger partial charge on any atom is -0.388 e. The monoisotopic (exact) mass is 268 g/mol. The first-order chi connectivity index (χ1) is 7.18. The molecule has 0 bridgehead atoms. The zero-order chi connectivity index (χ0) is 10.8. The van der Waals surface area contributed by atoms with Gasteiger partial charge in [0.25, 0.3) is 0 Å². The first-order valence-corrected chi connectivity index (χ1v) is 5.94. The molecule has 2 rings (SSSR count). The van der Waals surface area contributed by atoms with Crippen LogP contribution in [0.4, 0.5) is 0 Å². The Hall–Kier alpha value is -0.670. The van der Waals surface area contributed by atoms with Gasteiger partial charge in [-0.1, -0.05) is 28.1 Å². The number of hydrogen-bond donors (Lipinski definition) is 1. The van der Waals surface area contributed by atoms with Gasteiger partial charge in [0.15, 0.2) is 0 Å². The smallest absolute Gasteiger partial charge is 0.138 e. The number of Topliss-reactive ketones (excluding diaryl/α,β-unsaturated/α-hetero) is 1. The number of halogens is 1. The fourth-order valence-electron chi connectivity index (χ4n) is 2.07. The van der Waals surface area contributed by atoms with Crippen molar-refractivity contribution in [3.63, 3.8) is 0 Å². The molecule has 1 saturated carbocycles. The maximum Gasteiger partial charge on any atom is 0.138 e. The summed E-state index contributed by atoms with van der Waals surface area (Å²) in [4.78, 5) is 11.5. The molecule has 0 heterocycles. The first-order valence-electron chi connectivity index (χ1n) is 5.15. The van der Waals surface area contributed by atoms with Gasteiger partial charge in [-0.2, -0.15) is 0 Å². The quantitative estimate of drug-likeness (QED) is 0.896. The maximum atomic E-state index is 11.5. The van der Waals surface area contributed by atoms with E-state index < -0.39 is 6.10 Å². The molecule has 80 valence electrons. The normalized spacial score (nSPS) is 23.1. The summed E-state index contributed by atoms with van der Waals surface area (Å²) in [6, 6.07) is 7.50. The summed E-state index contributed by atoms with van der Waals surface area (Å²) < 4.78 is 0.983. The Labute approximate surface area is 97.4 Å². The van der Waals surface area contributed by atoms with Crippen LogP contribution in [0, 0.1) is 5.92 Å². The summed E-state index contributed by atoms with van der Waals surface area (Å²) in [5.41, 5.74) is 0.832. The van der Waals surface area contributed by atoms with Gasteiger partial charge in [-0.25, -0.2) is 0 Å². The fraction of sp³-hybridized carbons (Fsp3) is 0.417. The van der Waals surface area contributed by atoms with Gasteiger partial charge in [0.2, 0.25) is 0 Å². The zero-order valence-corrected chi connectivity index (χ0v) is 9.90. The second-order valence-corrected chi connectivity index (χ2v) is 4.88. The maximum absolute atomic E-state index is 11.5. The van der Waals surface area contributed by atoms with Gasteiger partial charge in [0.1, 0.15) is 5.78 Å². The number of carbonyl (C=O) groups excluding carboxylic acids is 1. The van der Waals surface area contributed by atoms with Crippen LogP contribution in [0.15, 0.2) is 28.7 Å². The molecular formula is C12H13BrO2. The number of benzene rings is 1. The fourth-order valence-corrected chi connectivity index (χ4v) is 2.33. The van der Waals surface area contributed by atoms with Crippen molar-refractivity contribution in [3.8, 4) is 0 Å². The number of ketones is 1. The molecule has 0 aliphatic heterocycles. The van der Waals surface area contributed by atoms with Crippen molar-refractivity contribution < 1.29 is 9.90 Å². The lowest BCUT2D eigenvalue weighted by Crippen LogP contribution is -2.16. The lowest BCUT2D eigenvalue weighted by Gasteiger charge is -2.16. The van der Waals surface area contributed by atoms with E-state index >= 15 is 0 Å². The van der Waals surface area contributed by atoms with Crippen LogP contribution < -0.4 is 0 Å². The Morgan fingerprint density at radius 3 is 2.53 bits per heavy atom. The lowest BCUT2D eigenvalue weighted by molar-refractivity contribution is -0.123. The molecule has 0 spiro atoms. The molecule has 0 amide bonds. The largest absolute Gasteiger partial charge is 0.388 e. The van der Waals surface area contributed by atoms with E-state index in [4.69, 9.17) is 0 Å². The third-order valence-electron chi connectivity index (χ3n) is 2.94. The molecule has 1 aromatic rings. The van der Waals surface area contributed by atoms with Crippen molar-refractivity contribution in [1.29, 1.82) is 0 Å². The van der Waals surface area contributed by atoms with Gasteiger partial charge in [0, 0.05) is 16.8 Å². The van der Waals surface area contributed by atoms with Crippen molar-refractivity contribution in [3.05, 3.63) is 34.3 Å². The van der Waals surface area contributed by atoms with Gasteiger partial charge in [-0.05, 0) is 30.5 Å². The van der Waals surface area contributed by atoms with Crippen LogP contribution in [0.3, 0.4) is 0 Å². The molecule has 1 aromatic carbocycles. The topological polar surface area (TPSA) is 37.3 Å². The first kappa shape index (κ1) is 10.8. The van der Waals surface area contributed by atoms with Gasteiger partial charge >= 0.3 is 0 Å². The minimum atomic E-state index is -0.631. The van der Waals surface area contributed by atoms with Crippen LogP contribution in [0.2, 0.25) is 0 Å². The van der Waals surface area contributed by atoms with E-state index in [-0.39, 0.29) is 11.7 Å². The van der Waals surface area contributed by atoms with Gasteiger partial charge in [-0.15, -0.1) is 0 Å². The molecule has 0 saturated heterocycles. The van der Waals surface area contributed by atoms with Crippen molar-refractivity contribution >= 4 is 21.7 Å². The summed E-state index contributed by atoms with van der Waals surface area (Å²) in [6.07, 6.45) is 1.72. The number of aliphatic hydroxyl groups excluding tert-OH is 1. The Bertz CT molecular complexity index is 358. The van der Waals surface area contributed by atoms with Gasteiger partial charge in [-0.3, -0.25) is 4.79 Å². The molecule has 2 nitrogen and oxygen atoms in total. The predicted molar refractivity (Wildman–Crippen MR) is 61.4 cm³/mol. The molecule has 2 atom stereocenters. The third kappa shape index (κ3) is 2.29. The Morgan fingerprint density at radius 2 is 2.00 bits per heavy atom.